The second-order valence-electron chi connectivity index (χ2n) is 6.48. The van der Waals surface area contributed by atoms with Gasteiger partial charge in [0.25, 0.3) is 0 Å². The lowest BCUT2D eigenvalue weighted by Crippen LogP contribution is -2.56. The molecule has 2 nitrogen and oxygen atoms in total. The maximum Gasteiger partial charge on any atom is 0.0656 e. The molecule has 4 fully saturated rings. The van der Waals surface area contributed by atoms with Crippen molar-refractivity contribution in [3.05, 3.63) is 0 Å². The van der Waals surface area contributed by atoms with Crippen LogP contribution in [0.1, 0.15) is 39.0 Å². The zero-order valence-corrected chi connectivity index (χ0v) is 9.65. The van der Waals surface area contributed by atoms with Crippen molar-refractivity contribution in [1.82, 2.24) is 0 Å². The number of rotatable bonds is 2. The zero-order chi connectivity index (χ0) is 10.6. The van der Waals surface area contributed by atoms with E-state index in [4.69, 9.17) is 5.73 Å². The monoisotopic (exact) mass is 209 g/mol. The van der Waals surface area contributed by atoms with Gasteiger partial charge in [0.05, 0.1) is 5.60 Å². The standard InChI is InChI=1S/C13H23NO/c1-8(7-14)12-10-2-9-3-11(12)6-13(15,4-9)5-10/h8-12,15H,2-7,14H2,1H3. The van der Waals surface area contributed by atoms with Crippen molar-refractivity contribution in [2.75, 3.05) is 6.54 Å². The van der Waals surface area contributed by atoms with Crippen LogP contribution in [0.5, 0.6) is 0 Å². The molecule has 0 heterocycles. The van der Waals surface area contributed by atoms with Crippen LogP contribution in [0.25, 0.3) is 0 Å². The Balaban J connectivity index is 1.85. The summed E-state index contributed by atoms with van der Waals surface area (Å²) in [6.07, 6.45) is 5.95. The second-order valence-corrected chi connectivity index (χ2v) is 6.48. The third-order valence-corrected chi connectivity index (χ3v) is 5.34. The van der Waals surface area contributed by atoms with Gasteiger partial charge in [0.15, 0.2) is 0 Å². The van der Waals surface area contributed by atoms with Crippen molar-refractivity contribution in [2.24, 2.45) is 35.3 Å². The molecule has 0 saturated heterocycles. The minimum Gasteiger partial charge on any atom is -0.390 e. The third-order valence-electron chi connectivity index (χ3n) is 5.34. The Labute approximate surface area is 92.2 Å². The van der Waals surface area contributed by atoms with E-state index in [1.54, 1.807) is 0 Å². The molecule has 86 valence electrons. The fraction of sp³-hybridized carbons (Fsp3) is 1.00. The third kappa shape index (κ3) is 1.45. The largest absolute Gasteiger partial charge is 0.390 e. The van der Waals surface area contributed by atoms with Crippen molar-refractivity contribution < 1.29 is 5.11 Å². The highest BCUT2D eigenvalue weighted by molar-refractivity contribution is 5.06. The summed E-state index contributed by atoms with van der Waals surface area (Å²) >= 11 is 0. The van der Waals surface area contributed by atoms with Crippen molar-refractivity contribution in [3.63, 3.8) is 0 Å². The molecular formula is C13H23NO. The molecule has 0 amide bonds. The van der Waals surface area contributed by atoms with Gasteiger partial charge in [-0.05, 0) is 68.2 Å². The lowest BCUT2D eigenvalue weighted by Gasteiger charge is -2.59. The van der Waals surface area contributed by atoms with E-state index in [1.807, 2.05) is 0 Å². The Morgan fingerprint density at radius 2 is 1.87 bits per heavy atom. The molecule has 4 aliphatic carbocycles. The van der Waals surface area contributed by atoms with Crippen molar-refractivity contribution in [3.8, 4) is 0 Å². The first-order chi connectivity index (χ1) is 7.11. The first kappa shape index (κ1) is 10.1. The Kier molecular flexibility index (Phi) is 2.16. The Morgan fingerprint density at radius 1 is 1.27 bits per heavy atom. The summed E-state index contributed by atoms with van der Waals surface area (Å²) in [4.78, 5) is 0. The lowest BCUT2D eigenvalue weighted by atomic mass is 9.48. The van der Waals surface area contributed by atoms with E-state index in [0.717, 1.165) is 49.5 Å². The van der Waals surface area contributed by atoms with E-state index in [9.17, 15) is 5.11 Å². The van der Waals surface area contributed by atoms with Crippen molar-refractivity contribution >= 4 is 0 Å². The maximum atomic E-state index is 10.4. The Morgan fingerprint density at radius 3 is 2.33 bits per heavy atom. The smallest absolute Gasteiger partial charge is 0.0656 e. The molecule has 4 rings (SSSR count). The minimum absolute atomic E-state index is 0.276. The van der Waals surface area contributed by atoms with Crippen LogP contribution >= 0.6 is 0 Å². The van der Waals surface area contributed by atoms with Gasteiger partial charge in [-0.3, -0.25) is 0 Å². The van der Waals surface area contributed by atoms with Gasteiger partial charge >= 0.3 is 0 Å². The fourth-order valence-electron chi connectivity index (χ4n) is 5.11. The van der Waals surface area contributed by atoms with Crippen LogP contribution in [0.3, 0.4) is 0 Å². The predicted molar refractivity (Wildman–Crippen MR) is 60.2 cm³/mol. The SMILES string of the molecule is CC(CN)C1C2CC3CC1CC(O)(C3)C2. The van der Waals surface area contributed by atoms with Crippen LogP contribution in [-0.4, -0.2) is 17.3 Å². The molecule has 0 aliphatic heterocycles. The van der Waals surface area contributed by atoms with Gasteiger partial charge in [-0.15, -0.1) is 0 Å². The highest BCUT2D eigenvalue weighted by Crippen LogP contribution is 2.59. The molecule has 0 radical (unpaired) electrons. The van der Waals surface area contributed by atoms with E-state index < -0.39 is 0 Å². The number of aliphatic hydroxyl groups is 1. The molecular weight excluding hydrogens is 186 g/mol. The Hall–Kier alpha value is -0.0800. The van der Waals surface area contributed by atoms with E-state index in [0.29, 0.717) is 5.92 Å². The van der Waals surface area contributed by atoms with Crippen LogP contribution < -0.4 is 5.73 Å². The predicted octanol–water partition coefficient (Wildman–Crippen LogP) is 1.77. The molecule has 15 heavy (non-hydrogen) atoms. The van der Waals surface area contributed by atoms with Gasteiger partial charge in [0.1, 0.15) is 0 Å². The molecule has 2 heteroatoms. The molecule has 0 aromatic rings. The summed E-state index contributed by atoms with van der Waals surface area (Å²) in [5, 5.41) is 10.4. The van der Waals surface area contributed by atoms with Gasteiger partial charge in [0, 0.05) is 0 Å². The molecule has 3 N–H and O–H groups in total. The molecule has 4 saturated carbocycles. The van der Waals surface area contributed by atoms with E-state index >= 15 is 0 Å². The zero-order valence-electron chi connectivity index (χ0n) is 9.65. The van der Waals surface area contributed by atoms with Crippen molar-refractivity contribution in [2.45, 2.75) is 44.6 Å². The molecule has 0 aromatic heterocycles. The van der Waals surface area contributed by atoms with E-state index in [-0.39, 0.29) is 5.60 Å². The van der Waals surface area contributed by atoms with Crippen molar-refractivity contribution in [1.29, 1.82) is 0 Å². The van der Waals surface area contributed by atoms with Gasteiger partial charge in [0.2, 0.25) is 0 Å². The first-order valence-corrected chi connectivity index (χ1v) is 6.54. The lowest BCUT2D eigenvalue weighted by molar-refractivity contribution is -0.160. The van der Waals surface area contributed by atoms with Crippen LogP contribution in [0, 0.1) is 29.6 Å². The van der Waals surface area contributed by atoms with Gasteiger partial charge in [-0.2, -0.15) is 0 Å². The molecule has 3 atom stereocenters. The molecule has 4 aliphatic rings. The summed E-state index contributed by atoms with van der Waals surface area (Å²) < 4.78 is 0. The minimum atomic E-state index is -0.276. The molecule has 0 spiro atoms. The summed E-state index contributed by atoms with van der Waals surface area (Å²) in [5.74, 6) is 3.85. The Bertz CT molecular complexity index is 249. The van der Waals surface area contributed by atoms with E-state index in [2.05, 4.69) is 6.92 Å². The number of hydrogen-bond donors (Lipinski definition) is 2. The normalized spacial score (nSPS) is 54.6. The number of nitrogens with two attached hydrogens (primary N) is 1. The first-order valence-electron chi connectivity index (χ1n) is 6.54. The number of hydrogen-bond acceptors (Lipinski definition) is 2. The van der Waals surface area contributed by atoms with Crippen LogP contribution in [-0.2, 0) is 0 Å². The van der Waals surface area contributed by atoms with Crippen LogP contribution in [0.4, 0.5) is 0 Å². The average Bonchev–Trinajstić information content (AvgIpc) is 2.13. The van der Waals surface area contributed by atoms with Gasteiger partial charge in [-0.1, -0.05) is 6.92 Å². The van der Waals surface area contributed by atoms with E-state index in [1.165, 1.54) is 12.8 Å². The molecule has 0 aromatic carbocycles. The fourth-order valence-corrected chi connectivity index (χ4v) is 5.11. The summed E-state index contributed by atoms with van der Waals surface area (Å²) in [6, 6.07) is 0. The summed E-state index contributed by atoms with van der Waals surface area (Å²) in [6.45, 7) is 3.12. The molecule has 4 bridgehead atoms. The summed E-state index contributed by atoms with van der Waals surface area (Å²) in [7, 11) is 0. The molecule has 3 unspecified atom stereocenters. The van der Waals surface area contributed by atoms with Crippen LogP contribution in [0.15, 0.2) is 0 Å². The highest BCUT2D eigenvalue weighted by atomic mass is 16.3. The second kappa shape index (κ2) is 3.21. The summed E-state index contributed by atoms with van der Waals surface area (Å²) in [5.41, 5.74) is 5.55. The van der Waals surface area contributed by atoms with Gasteiger partial charge in [-0.25, -0.2) is 0 Å². The quantitative estimate of drug-likeness (QED) is 0.728. The topological polar surface area (TPSA) is 46.2 Å². The van der Waals surface area contributed by atoms with Gasteiger partial charge < -0.3 is 10.8 Å². The average molecular weight is 209 g/mol. The van der Waals surface area contributed by atoms with Crippen LogP contribution in [0.2, 0.25) is 0 Å². The highest BCUT2D eigenvalue weighted by Gasteiger charge is 2.55. The maximum absolute atomic E-state index is 10.4.